The van der Waals surface area contributed by atoms with Crippen molar-refractivity contribution in [3.63, 3.8) is 0 Å². The highest BCUT2D eigenvalue weighted by Gasteiger charge is 2.24. The maximum Gasteiger partial charge on any atom is 0.497 e. The lowest BCUT2D eigenvalue weighted by Crippen LogP contribution is -2.33. The first-order chi connectivity index (χ1) is 6.31. The predicted molar refractivity (Wildman–Crippen MR) is 55.0 cm³/mol. The second kappa shape index (κ2) is 3.91. The second-order valence-electron chi connectivity index (χ2n) is 2.81. The molecule has 0 aliphatic heterocycles. The molecule has 0 amide bonds. The molecule has 0 saturated heterocycles. The van der Waals surface area contributed by atoms with Crippen LogP contribution in [0.1, 0.15) is 5.69 Å². The van der Waals surface area contributed by atoms with Gasteiger partial charge in [-0.25, -0.2) is 4.98 Å². The quantitative estimate of drug-likeness (QED) is 0.613. The first kappa shape index (κ1) is 11.5. The van der Waals surface area contributed by atoms with E-state index in [0.29, 0.717) is 10.3 Å². The molecule has 0 atom stereocenters. The summed E-state index contributed by atoms with van der Waals surface area (Å²) in [6.07, 6.45) is -0.308. The Morgan fingerprint density at radius 3 is 2.64 bits per heavy atom. The van der Waals surface area contributed by atoms with Crippen LogP contribution in [0.25, 0.3) is 0 Å². The smallest absolute Gasteiger partial charge is 0.448 e. The molecule has 1 rings (SSSR count). The molecule has 8 heteroatoms. The van der Waals surface area contributed by atoms with Gasteiger partial charge in [-0.05, 0) is 36.0 Å². The number of halogens is 4. The van der Waals surface area contributed by atoms with E-state index in [4.69, 9.17) is 0 Å². The zero-order chi connectivity index (χ0) is 10.9. The third-order valence-electron chi connectivity index (χ3n) is 1.56. The molecule has 0 aliphatic carbocycles. The molecule has 0 saturated carbocycles. The van der Waals surface area contributed by atoms with Crippen molar-refractivity contribution in [2.24, 2.45) is 0 Å². The maximum absolute atomic E-state index is 12.0. The first-order valence-corrected chi connectivity index (χ1v) is 4.81. The molecule has 0 aromatic carbocycles. The van der Waals surface area contributed by atoms with E-state index < -0.39 is 19.0 Å². The average Bonchev–Trinajstić information content (AvgIpc) is 2.04. The van der Waals surface area contributed by atoms with E-state index in [1.807, 2.05) is 0 Å². The predicted octanol–water partition coefficient (Wildman–Crippen LogP) is 1.54. The Morgan fingerprint density at radius 1 is 1.57 bits per heavy atom. The number of hydrogen-bond acceptors (Lipinski definition) is 2. The van der Waals surface area contributed by atoms with E-state index >= 15 is 0 Å². The molecule has 78 valence electrons. The van der Waals surface area contributed by atoms with Gasteiger partial charge in [0.1, 0.15) is 0 Å². The molecule has 1 aromatic rings. The molecule has 0 spiro atoms. The monoisotopic (exact) mass is 317 g/mol. The van der Waals surface area contributed by atoms with Gasteiger partial charge >= 0.3 is 6.98 Å². The van der Waals surface area contributed by atoms with E-state index in [2.05, 4.69) is 4.98 Å². The summed E-state index contributed by atoms with van der Waals surface area (Å²) < 4.78 is 36.9. The van der Waals surface area contributed by atoms with E-state index in [9.17, 15) is 17.7 Å². The van der Waals surface area contributed by atoms with Crippen molar-refractivity contribution >= 4 is 29.6 Å². The average molecular weight is 317 g/mol. The molecule has 14 heavy (non-hydrogen) atoms. The lowest BCUT2D eigenvalue weighted by molar-refractivity contribution is 0.441. The molecular weight excluding hydrogens is 311 g/mol. The van der Waals surface area contributed by atoms with Gasteiger partial charge in [0.2, 0.25) is 0 Å². The number of hydrogen-bond donors (Lipinski definition) is 0. The Morgan fingerprint density at radius 2 is 2.14 bits per heavy atom. The van der Waals surface area contributed by atoms with Crippen LogP contribution in [0, 0.1) is 10.5 Å². The van der Waals surface area contributed by atoms with Crippen molar-refractivity contribution in [1.82, 2.24) is 9.55 Å². The molecule has 1 heterocycles. The van der Waals surface area contributed by atoms with Crippen LogP contribution in [-0.2, 0) is 6.44 Å². The molecule has 0 radical (unpaired) electrons. The van der Waals surface area contributed by atoms with Crippen LogP contribution in [0.3, 0.4) is 0 Å². The van der Waals surface area contributed by atoms with Crippen molar-refractivity contribution in [1.29, 1.82) is 0 Å². The van der Waals surface area contributed by atoms with Crippen LogP contribution in [-0.4, -0.2) is 16.5 Å². The lowest BCUT2D eigenvalue weighted by Gasteiger charge is -2.15. The fraction of sp³-hybridized carbons (Fsp3) is 0.333. The minimum Gasteiger partial charge on any atom is -0.448 e. The van der Waals surface area contributed by atoms with Crippen molar-refractivity contribution in [3.05, 3.63) is 25.9 Å². The molecule has 1 aromatic heterocycles. The zero-order valence-corrected chi connectivity index (χ0v) is 9.33. The highest BCUT2D eigenvalue weighted by atomic mass is 127. The van der Waals surface area contributed by atoms with Crippen LogP contribution in [0.2, 0.25) is 0 Å². The zero-order valence-electron chi connectivity index (χ0n) is 7.18. The summed E-state index contributed by atoms with van der Waals surface area (Å²) in [5.41, 5.74) is -0.196. The number of rotatable bonds is 2. The van der Waals surface area contributed by atoms with Crippen LogP contribution in [0.4, 0.5) is 12.9 Å². The van der Waals surface area contributed by atoms with Gasteiger partial charge in [0, 0.05) is 0 Å². The standard InChI is InChI=1S/C6H6BF3IN2O/c1-4-5(11)6(14)13(3-12-4)2-7(8,9)10/h3H,2H2,1H3/q-1. The first-order valence-electron chi connectivity index (χ1n) is 3.74. The Kier molecular flexibility index (Phi) is 3.22. The molecule has 3 nitrogen and oxygen atoms in total. The van der Waals surface area contributed by atoms with Crippen molar-refractivity contribution in [2.75, 3.05) is 0 Å². The number of nitrogens with zero attached hydrogens (tertiary/aromatic N) is 2. The van der Waals surface area contributed by atoms with Crippen LogP contribution in [0.5, 0.6) is 0 Å². The molecular formula is C6H6BF3IN2O-. The number of aromatic nitrogens is 2. The highest BCUT2D eigenvalue weighted by Crippen LogP contribution is 2.10. The van der Waals surface area contributed by atoms with Gasteiger partial charge in [-0.15, -0.1) is 0 Å². The van der Waals surface area contributed by atoms with Gasteiger partial charge in [0.15, 0.2) is 0 Å². The normalized spacial score (nSPS) is 11.8. The van der Waals surface area contributed by atoms with Crippen LogP contribution >= 0.6 is 22.6 Å². The van der Waals surface area contributed by atoms with E-state index in [1.54, 1.807) is 29.5 Å². The maximum atomic E-state index is 12.0. The van der Waals surface area contributed by atoms with Crippen LogP contribution < -0.4 is 5.56 Å². The molecule has 0 fully saturated rings. The molecule has 0 N–H and O–H groups in total. The van der Waals surface area contributed by atoms with Gasteiger partial charge in [0.05, 0.1) is 15.6 Å². The van der Waals surface area contributed by atoms with Gasteiger partial charge in [-0.1, -0.05) is 0 Å². The summed E-state index contributed by atoms with van der Waals surface area (Å²) in [5, 5.41) is 0. The molecule has 0 aliphatic rings. The van der Waals surface area contributed by atoms with Gasteiger partial charge < -0.3 is 17.5 Å². The summed E-state index contributed by atoms with van der Waals surface area (Å²) >= 11 is 1.69. The third-order valence-corrected chi connectivity index (χ3v) is 2.80. The fourth-order valence-corrected chi connectivity index (χ4v) is 1.35. The summed E-state index contributed by atoms with van der Waals surface area (Å²) in [6, 6.07) is 0. The molecule has 0 bridgehead atoms. The largest absolute Gasteiger partial charge is 0.497 e. The minimum absolute atomic E-state index is 0.227. The summed E-state index contributed by atoms with van der Waals surface area (Å²) in [7, 11) is 0. The summed E-state index contributed by atoms with van der Waals surface area (Å²) in [5.74, 6) is 0. The summed E-state index contributed by atoms with van der Waals surface area (Å²) in [6.45, 7) is -3.43. The van der Waals surface area contributed by atoms with Crippen molar-refractivity contribution < 1.29 is 12.9 Å². The van der Waals surface area contributed by atoms with E-state index in [-0.39, 0.29) is 3.57 Å². The topological polar surface area (TPSA) is 34.9 Å². The lowest BCUT2D eigenvalue weighted by atomic mass is 9.92. The fourth-order valence-electron chi connectivity index (χ4n) is 0.899. The Bertz CT molecular complexity index is 403. The second-order valence-corrected chi connectivity index (χ2v) is 3.89. The van der Waals surface area contributed by atoms with E-state index in [1.165, 1.54) is 0 Å². The number of aryl methyl sites for hydroxylation is 1. The van der Waals surface area contributed by atoms with Gasteiger partial charge in [-0.2, -0.15) is 0 Å². The SMILES string of the molecule is Cc1ncn(C[B-](F)(F)F)c(=O)c1I. The van der Waals surface area contributed by atoms with Gasteiger partial charge in [-0.3, -0.25) is 4.79 Å². The minimum atomic E-state index is -5.01. The van der Waals surface area contributed by atoms with Crippen LogP contribution in [0.15, 0.2) is 11.1 Å². The molecule has 0 unspecified atom stereocenters. The van der Waals surface area contributed by atoms with Crippen molar-refractivity contribution in [2.45, 2.75) is 13.4 Å². The van der Waals surface area contributed by atoms with E-state index in [0.717, 1.165) is 6.33 Å². The Hall–Kier alpha value is -0.535. The summed E-state index contributed by atoms with van der Waals surface area (Å²) in [4.78, 5) is 15.0. The Labute approximate surface area is 91.5 Å². The Balaban J connectivity index is 3.13. The van der Waals surface area contributed by atoms with Crippen molar-refractivity contribution in [3.8, 4) is 0 Å². The highest BCUT2D eigenvalue weighted by molar-refractivity contribution is 14.1. The van der Waals surface area contributed by atoms with Gasteiger partial charge in [0.25, 0.3) is 5.56 Å². The third kappa shape index (κ3) is 2.73.